The van der Waals surface area contributed by atoms with E-state index in [2.05, 4.69) is 0 Å². The molecule has 2 aromatic carbocycles. The average Bonchev–Trinajstić information content (AvgIpc) is 3.08. The van der Waals surface area contributed by atoms with Crippen molar-refractivity contribution in [2.24, 2.45) is 5.73 Å². The summed E-state index contributed by atoms with van der Waals surface area (Å²) in [5.74, 6) is -2.08. The minimum Gasteiger partial charge on any atom is -0.478 e. The SMILES string of the molecule is CCc1c(C(=O)O)cccc1-n1cc(CN)n(C2CCc3c(F)cc(F)cc3C2)c1=S.Cl. The molecule has 1 unspecified atom stereocenters. The maximum atomic E-state index is 14.2. The maximum Gasteiger partial charge on any atom is 0.336 e. The number of imidazole rings is 1. The van der Waals surface area contributed by atoms with E-state index in [0.29, 0.717) is 52.8 Å². The Morgan fingerprint density at radius 1 is 1.31 bits per heavy atom. The molecule has 5 nitrogen and oxygen atoms in total. The van der Waals surface area contributed by atoms with Crippen LogP contribution in [0.25, 0.3) is 5.69 Å². The predicted octanol–water partition coefficient (Wildman–Crippen LogP) is 5.16. The highest BCUT2D eigenvalue weighted by Crippen LogP contribution is 2.33. The summed E-state index contributed by atoms with van der Waals surface area (Å²) in [6.45, 7) is 2.13. The summed E-state index contributed by atoms with van der Waals surface area (Å²) >= 11 is 5.78. The zero-order valence-electron chi connectivity index (χ0n) is 17.5. The smallest absolute Gasteiger partial charge is 0.336 e. The number of benzene rings is 2. The van der Waals surface area contributed by atoms with Crippen molar-refractivity contribution in [3.63, 3.8) is 0 Å². The van der Waals surface area contributed by atoms with E-state index in [1.54, 1.807) is 16.7 Å². The number of nitrogens with two attached hydrogens (primary N) is 1. The number of aromatic nitrogens is 2. The molecule has 3 N–H and O–H groups in total. The first-order chi connectivity index (χ1) is 14.8. The molecule has 0 amide bonds. The van der Waals surface area contributed by atoms with Gasteiger partial charge < -0.3 is 15.4 Å². The van der Waals surface area contributed by atoms with Crippen LogP contribution in [-0.4, -0.2) is 20.2 Å². The second-order valence-corrected chi connectivity index (χ2v) is 8.10. The Morgan fingerprint density at radius 3 is 2.72 bits per heavy atom. The molecule has 0 bridgehead atoms. The van der Waals surface area contributed by atoms with E-state index in [1.807, 2.05) is 23.8 Å². The third-order valence-electron chi connectivity index (χ3n) is 6.00. The molecule has 9 heteroatoms. The Kier molecular flexibility index (Phi) is 7.17. The minimum absolute atomic E-state index is 0. The zero-order valence-corrected chi connectivity index (χ0v) is 19.1. The first kappa shape index (κ1) is 24.1. The Balaban J connectivity index is 0.00000289. The number of hydrogen-bond donors (Lipinski definition) is 2. The van der Waals surface area contributed by atoms with Gasteiger partial charge in [0.05, 0.1) is 16.9 Å². The second kappa shape index (κ2) is 9.52. The largest absolute Gasteiger partial charge is 0.478 e. The Hall–Kier alpha value is -2.55. The van der Waals surface area contributed by atoms with Crippen molar-refractivity contribution in [3.8, 4) is 5.69 Å². The highest BCUT2D eigenvalue weighted by Gasteiger charge is 2.26. The van der Waals surface area contributed by atoms with Crippen LogP contribution in [0.5, 0.6) is 0 Å². The van der Waals surface area contributed by atoms with Crippen molar-refractivity contribution in [3.05, 3.63) is 80.9 Å². The molecule has 1 heterocycles. The highest BCUT2D eigenvalue weighted by atomic mass is 35.5. The van der Waals surface area contributed by atoms with Crippen molar-refractivity contribution < 1.29 is 18.7 Å². The van der Waals surface area contributed by atoms with Gasteiger partial charge in [-0.25, -0.2) is 13.6 Å². The second-order valence-electron chi connectivity index (χ2n) is 7.73. The van der Waals surface area contributed by atoms with Crippen LogP contribution in [0.4, 0.5) is 8.78 Å². The van der Waals surface area contributed by atoms with E-state index in [-0.39, 0.29) is 30.6 Å². The predicted molar refractivity (Wildman–Crippen MR) is 123 cm³/mol. The third-order valence-corrected chi connectivity index (χ3v) is 6.40. The summed E-state index contributed by atoms with van der Waals surface area (Å²) < 4.78 is 32.2. The number of fused-ring (bicyclic) bond motifs is 1. The van der Waals surface area contributed by atoms with Gasteiger partial charge in [0.15, 0.2) is 4.77 Å². The molecular weight excluding hydrogens is 456 g/mol. The van der Waals surface area contributed by atoms with Crippen molar-refractivity contribution in [1.82, 2.24) is 9.13 Å². The molecule has 1 aliphatic rings. The van der Waals surface area contributed by atoms with Crippen LogP contribution in [0, 0.1) is 16.4 Å². The van der Waals surface area contributed by atoms with Crippen LogP contribution >= 0.6 is 24.6 Å². The van der Waals surface area contributed by atoms with E-state index in [9.17, 15) is 18.7 Å². The third kappa shape index (κ3) is 4.10. The lowest BCUT2D eigenvalue weighted by Gasteiger charge is -2.27. The monoisotopic (exact) mass is 479 g/mol. The van der Waals surface area contributed by atoms with Gasteiger partial charge in [-0.1, -0.05) is 13.0 Å². The number of carbonyl (C=O) groups is 1. The van der Waals surface area contributed by atoms with Crippen LogP contribution in [0.3, 0.4) is 0 Å². The molecule has 0 fully saturated rings. The minimum atomic E-state index is -0.989. The molecule has 0 spiro atoms. The molecule has 1 aromatic heterocycles. The number of nitrogens with zero attached hydrogens (tertiary/aromatic N) is 2. The summed E-state index contributed by atoms with van der Waals surface area (Å²) in [5, 5.41) is 9.56. The summed E-state index contributed by atoms with van der Waals surface area (Å²) in [4.78, 5) is 11.7. The van der Waals surface area contributed by atoms with Crippen LogP contribution in [0.2, 0.25) is 0 Å². The van der Waals surface area contributed by atoms with Crippen molar-refractivity contribution >= 4 is 30.6 Å². The molecule has 1 aliphatic carbocycles. The summed E-state index contributed by atoms with van der Waals surface area (Å²) in [6, 6.07) is 7.34. The van der Waals surface area contributed by atoms with E-state index >= 15 is 0 Å². The number of carboxylic acid groups (broad SMARTS) is 1. The fourth-order valence-electron chi connectivity index (χ4n) is 4.60. The van der Waals surface area contributed by atoms with E-state index in [4.69, 9.17) is 18.0 Å². The Labute approximate surface area is 195 Å². The summed E-state index contributed by atoms with van der Waals surface area (Å²) in [5.41, 5.74) is 9.63. The number of aromatic carboxylic acids is 1. The fraction of sp³-hybridized carbons (Fsp3) is 0.304. The lowest BCUT2D eigenvalue weighted by Crippen LogP contribution is -2.22. The quantitative estimate of drug-likeness (QED) is 0.496. The number of hydrogen-bond acceptors (Lipinski definition) is 3. The standard InChI is InChI=1S/C23H23F2N3O2S.ClH/c1-2-17-19(22(29)30)4-3-5-21(17)27-12-16(11-26)28(23(27)31)15-6-7-18-13(9-15)8-14(24)10-20(18)25;/h3-5,8,10,12,15H,2,6-7,9,11,26H2,1H3,(H,29,30);1H. The van der Waals surface area contributed by atoms with Crippen LogP contribution < -0.4 is 5.73 Å². The maximum absolute atomic E-state index is 14.2. The van der Waals surface area contributed by atoms with Gasteiger partial charge in [0.2, 0.25) is 0 Å². The number of halogens is 3. The Morgan fingerprint density at radius 2 is 2.06 bits per heavy atom. The molecule has 170 valence electrons. The molecular formula is C23H24ClF2N3O2S. The molecule has 32 heavy (non-hydrogen) atoms. The van der Waals surface area contributed by atoms with Gasteiger partial charge in [-0.2, -0.15) is 0 Å². The van der Waals surface area contributed by atoms with Gasteiger partial charge in [-0.05, 0) is 72.8 Å². The normalized spacial score (nSPS) is 15.2. The molecule has 4 rings (SSSR count). The van der Waals surface area contributed by atoms with E-state index < -0.39 is 17.6 Å². The number of carboxylic acids is 1. The van der Waals surface area contributed by atoms with Gasteiger partial charge in [0, 0.05) is 24.8 Å². The molecule has 3 aromatic rings. The fourth-order valence-corrected chi connectivity index (χ4v) is 5.02. The topological polar surface area (TPSA) is 73.2 Å². The van der Waals surface area contributed by atoms with Crippen LogP contribution in [0.15, 0.2) is 36.5 Å². The van der Waals surface area contributed by atoms with Crippen LogP contribution in [0.1, 0.15) is 52.1 Å². The lowest BCUT2D eigenvalue weighted by atomic mass is 9.87. The molecule has 0 saturated carbocycles. The first-order valence-corrected chi connectivity index (χ1v) is 10.6. The van der Waals surface area contributed by atoms with Gasteiger partial charge in [0.25, 0.3) is 0 Å². The zero-order chi connectivity index (χ0) is 22.3. The molecule has 0 saturated heterocycles. The van der Waals surface area contributed by atoms with Gasteiger partial charge in [-0.3, -0.25) is 4.57 Å². The summed E-state index contributed by atoms with van der Waals surface area (Å²) in [6.07, 6.45) is 3.95. The van der Waals surface area contributed by atoms with E-state index in [0.717, 1.165) is 11.8 Å². The van der Waals surface area contributed by atoms with Crippen molar-refractivity contribution in [2.45, 2.75) is 45.2 Å². The number of rotatable bonds is 5. The van der Waals surface area contributed by atoms with Crippen LogP contribution in [-0.2, 0) is 25.8 Å². The molecule has 0 aliphatic heterocycles. The van der Waals surface area contributed by atoms with E-state index in [1.165, 1.54) is 6.07 Å². The van der Waals surface area contributed by atoms with Gasteiger partial charge in [-0.15, -0.1) is 12.4 Å². The molecule has 1 atom stereocenters. The lowest BCUT2D eigenvalue weighted by molar-refractivity contribution is 0.0695. The van der Waals surface area contributed by atoms with Crippen molar-refractivity contribution in [1.29, 1.82) is 0 Å². The highest BCUT2D eigenvalue weighted by molar-refractivity contribution is 7.71. The van der Waals surface area contributed by atoms with Crippen molar-refractivity contribution in [2.75, 3.05) is 0 Å². The molecule has 0 radical (unpaired) electrons. The Bertz CT molecular complexity index is 1240. The van der Waals surface area contributed by atoms with Gasteiger partial charge >= 0.3 is 5.97 Å². The first-order valence-electron chi connectivity index (χ1n) is 10.2. The van der Waals surface area contributed by atoms with Gasteiger partial charge in [0.1, 0.15) is 11.6 Å². The summed E-state index contributed by atoms with van der Waals surface area (Å²) in [7, 11) is 0. The average molecular weight is 480 g/mol.